The van der Waals surface area contributed by atoms with E-state index < -0.39 is 11.3 Å². The van der Waals surface area contributed by atoms with Gasteiger partial charge in [-0.2, -0.15) is 0 Å². The summed E-state index contributed by atoms with van der Waals surface area (Å²) in [5.74, 6) is 0. The topological polar surface area (TPSA) is 59.6 Å². The first-order valence-corrected chi connectivity index (χ1v) is 8.43. The number of thiocarbonyl (C=S) groups is 1. The van der Waals surface area contributed by atoms with E-state index in [-0.39, 0.29) is 6.03 Å². The van der Waals surface area contributed by atoms with Gasteiger partial charge < -0.3 is 5.32 Å². The number of hydrogen-bond acceptors (Lipinski definition) is 3. The highest BCUT2D eigenvalue weighted by Gasteiger charge is 2.69. The third-order valence-corrected chi connectivity index (χ3v) is 5.34. The maximum absolute atomic E-state index is 13.0. The van der Waals surface area contributed by atoms with E-state index in [1.165, 1.54) is 0 Å². The Balaban J connectivity index is 2.06. The molecule has 0 saturated carbocycles. The van der Waals surface area contributed by atoms with Crippen molar-refractivity contribution < 1.29 is 4.79 Å². The van der Waals surface area contributed by atoms with Gasteiger partial charge in [0.1, 0.15) is 0 Å². The lowest BCUT2D eigenvalue weighted by Crippen LogP contribution is -2.79. The summed E-state index contributed by atoms with van der Waals surface area (Å²) in [5, 5.41) is 3.81. The number of amides is 2. The first-order chi connectivity index (χ1) is 12.0. The lowest BCUT2D eigenvalue weighted by Gasteiger charge is -2.53. The molecule has 25 heavy (non-hydrogen) atoms. The number of hydrogen-bond donors (Lipinski definition) is 3. The third kappa shape index (κ3) is 1.87. The van der Waals surface area contributed by atoms with Gasteiger partial charge >= 0.3 is 6.03 Å². The highest BCUT2D eigenvalue weighted by molar-refractivity contribution is 7.80. The van der Waals surface area contributed by atoms with Crippen LogP contribution in [0.4, 0.5) is 4.79 Å². The van der Waals surface area contributed by atoms with E-state index in [1.807, 2.05) is 60.7 Å². The first-order valence-electron chi connectivity index (χ1n) is 8.02. The molecule has 3 N–H and O–H groups in total. The number of nitrogens with one attached hydrogen (secondary N) is 3. The molecule has 0 aromatic heterocycles. The molecular weight excluding hydrogens is 334 g/mol. The Labute approximate surface area is 151 Å². The van der Waals surface area contributed by atoms with Crippen molar-refractivity contribution >= 4 is 23.4 Å². The lowest BCUT2D eigenvalue weighted by atomic mass is 9.80. The standard InChI is InChI=1S/C18H19N5OS/c1-22-16(24)23(2)18(14-11-7-4-8-12-14)17(22,19-15(25)20-21-18)13-9-5-3-6-10-13/h3-12,21H,1-2H3,(H2,19,20,25). The van der Waals surface area contributed by atoms with Crippen LogP contribution < -0.4 is 16.2 Å². The van der Waals surface area contributed by atoms with Gasteiger partial charge in [-0.3, -0.25) is 15.2 Å². The molecule has 2 unspecified atom stereocenters. The van der Waals surface area contributed by atoms with Crippen LogP contribution in [0.15, 0.2) is 60.7 Å². The van der Waals surface area contributed by atoms with E-state index in [1.54, 1.807) is 23.9 Å². The van der Waals surface area contributed by atoms with Crippen LogP contribution in [-0.2, 0) is 11.3 Å². The molecule has 0 bridgehead atoms. The van der Waals surface area contributed by atoms with Gasteiger partial charge in [0.2, 0.25) is 0 Å². The van der Waals surface area contributed by atoms with Crippen LogP contribution >= 0.6 is 12.2 Å². The minimum Gasteiger partial charge on any atom is -0.332 e. The van der Waals surface area contributed by atoms with Crippen molar-refractivity contribution in [3.8, 4) is 0 Å². The van der Waals surface area contributed by atoms with Crippen molar-refractivity contribution in [1.29, 1.82) is 0 Å². The van der Waals surface area contributed by atoms with Crippen LogP contribution in [0.1, 0.15) is 11.1 Å². The molecule has 7 heteroatoms. The normalized spacial score (nSPS) is 28.4. The van der Waals surface area contributed by atoms with Crippen LogP contribution in [0, 0.1) is 0 Å². The minimum absolute atomic E-state index is 0.112. The summed E-state index contributed by atoms with van der Waals surface area (Å²) in [6.07, 6.45) is 0. The molecule has 2 aliphatic rings. The highest BCUT2D eigenvalue weighted by Crippen LogP contribution is 2.50. The second kappa shape index (κ2) is 5.44. The third-order valence-electron chi connectivity index (χ3n) is 5.14. The fourth-order valence-corrected chi connectivity index (χ4v) is 4.20. The minimum atomic E-state index is -0.899. The van der Waals surface area contributed by atoms with Gasteiger partial charge in [-0.1, -0.05) is 60.7 Å². The molecule has 6 nitrogen and oxygen atoms in total. The van der Waals surface area contributed by atoms with Gasteiger partial charge in [-0.05, 0) is 17.8 Å². The van der Waals surface area contributed by atoms with Crippen molar-refractivity contribution in [2.24, 2.45) is 0 Å². The maximum atomic E-state index is 13.0. The van der Waals surface area contributed by atoms with Crippen molar-refractivity contribution in [3.05, 3.63) is 71.8 Å². The fraction of sp³-hybridized carbons (Fsp3) is 0.222. The average molecular weight is 353 g/mol. The molecule has 2 amide bonds. The summed E-state index contributed by atoms with van der Waals surface area (Å²) in [6.45, 7) is 0. The van der Waals surface area contributed by atoms with Gasteiger partial charge in [0, 0.05) is 19.7 Å². The SMILES string of the molecule is CN1C(=O)N(C)C2(c3ccccc3)NC(=S)NNC12c1ccccc1. The Morgan fingerprint density at radius 1 is 0.840 bits per heavy atom. The summed E-state index contributed by atoms with van der Waals surface area (Å²) >= 11 is 5.39. The first kappa shape index (κ1) is 15.9. The Morgan fingerprint density at radius 3 is 1.88 bits per heavy atom. The number of carbonyl (C=O) groups excluding carboxylic acids is 1. The summed E-state index contributed by atoms with van der Waals surface area (Å²) in [4.78, 5) is 16.4. The zero-order valence-electron chi connectivity index (χ0n) is 14.0. The molecule has 0 radical (unpaired) electrons. The molecule has 0 spiro atoms. The van der Waals surface area contributed by atoms with Crippen molar-refractivity contribution in [1.82, 2.24) is 26.0 Å². The summed E-state index contributed by atoms with van der Waals surface area (Å²) in [7, 11) is 3.58. The summed E-state index contributed by atoms with van der Waals surface area (Å²) < 4.78 is 0. The van der Waals surface area contributed by atoms with Gasteiger partial charge in [0.25, 0.3) is 0 Å². The molecule has 0 aliphatic carbocycles. The van der Waals surface area contributed by atoms with Crippen LogP contribution in [0.3, 0.4) is 0 Å². The zero-order chi connectivity index (χ0) is 17.7. The molecule has 2 fully saturated rings. The molecule has 2 aromatic carbocycles. The van der Waals surface area contributed by atoms with E-state index in [0.717, 1.165) is 11.1 Å². The number of likely N-dealkylation sites (N-methyl/N-ethyl adjacent to an activating group) is 2. The number of urea groups is 1. The van der Waals surface area contributed by atoms with Crippen LogP contribution in [0.5, 0.6) is 0 Å². The van der Waals surface area contributed by atoms with Crippen molar-refractivity contribution in [2.45, 2.75) is 11.3 Å². The molecule has 128 valence electrons. The van der Waals surface area contributed by atoms with Crippen LogP contribution in [-0.4, -0.2) is 35.0 Å². The van der Waals surface area contributed by atoms with E-state index >= 15 is 0 Å². The average Bonchev–Trinajstić information content (AvgIpc) is 2.83. The van der Waals surface area contributed by atoms with Crippen molar-refractivity contribution in [3.63, 3.8) is 0 Å². The van der Waals surface area contributed by atoms with Crippen LogP contribution in [0.2, 0.25) is 0 Å². The van der Waals surface area contributed by atoms with E-state index in [2.05, 4.69) is 16.2 Å². The molecule has 2 saturated heterocycles. The van der Waals surface area contributed by atoms with E-state index in [4.69, 9.17) is 12.2 Å². The summed E-state index contributed by atoms with van der Waals surface area (Å²) in [6, 6.07) is 19.7. The number of benzene rings is 2. The number of carbonyl (C=O) groups is 1. The predicted molar refractivity (Wildman–Crippen MR) is 99.2 cm³/mol. The molecule has 2 aromatic rings. The quantitative estimate of drug-likeness (QED) is 0.717. The Morgan fingerprint density at radius 2 is 1.32 bits per heavy atom. The predicted octanol–water partition coefficient (Wildman–Crippen LogP) is 1.67. The smallest absolute Gasteiger partial charge is 0.323 e. The summed E-state index contributed by atoms with van der Waals surface area (Å²) in [5.41, 5.74) is 6.43. The molecule has 4 rings (SSSR count). The Kier molecular flexibility index (Phi) is 3.45. The number of fused-ring (bicyclic) bond motifs is 1. The van der Waals surface area contributed by atoms with E-state index in [9.17, 15) is 4.79 Å². The number of hydrazine groups is 1. The monoisotopic (exact) mass is 353 g/mol. The fourth-order valence-electron chi connectivity index (χ4n) is 4.00. The van der Waals surface area contributed by atoms with Crippen molar-refractivity contribution in [2.75, 3.05) is 14.1 Å². The molecule has 2 heterocycles. The number of rotatable bonds is 2. The van der Waals surface area contributed by atoms with Gasteiger partial charge in [0.05, 0.1) is 0 Å². The Bertz CT molecular complexity index is 830. The Hall–Kier alpha value is -2.64. The maximum Gasteiger partial charge on any atom is 0.323 e. The highest BCUT2D eigenvalue weighted by atomic mass is 32.1. The molecule has 2 atom stereocenters. The van der Waals surface area contributed by atoms with Crippen LogP contribution in [0.25, 0.3) is 0 Å². The largest absolute Gasteiger partial charge is 0.332 e. The molecular formula is C18H19N5OS. The van der Waals surface area contributed by atoms with Gasteiger partial charge in [0.15, 0.2) is 16.4 Å². The lowest BCUT2D eigenvalue weighted by molar-refractivity contribution is -0.00693. The second-order valence-electron chi connectivity index (χ2n) is 6.26. The van der Waals surface area contributed by atoms with E-state index in [0.29, 0.717) is 5.11 Å². The van der Waals surface area contributed by atoms with Gasteiger partial charge in [-0.25, -0.2) is 10.2 Å². The zero-order valence-corrected chi connectivity index (χ0v) is 14.8. The van der Waals surface area contributed by atoms with Gasteiger partial charge in [-0.15, -0.1) is 0 Å². The second-order valence-corrected chi connectivity index (χ2v) is 6.67. The molecule has 2 aliphatic heterocycles. The number of nitrogens with zero attached hydrogens (tertiary/aromatic N) is 2.